The molecule has 1 aromatic carbocycles. The molecule has 0 heterocycles. The molecule has 0 fully saturated rings. The van der Waals surface area contributed by atoms with Gasteiger partial charge in [-0.1, -0.05) is 24.3 Å². The van der Waals surface area contributed by atoms with Crippen molar-refractivity contribution in [3.05, 3.63) is 35.4 Å². The Morgan fingerprint density at radius 2 is 2.06 bits per heavy atom. The molecule has 2 rings (SSSR count). The van der Waals surface area contributed by atoms with Crippen LogP contribution in [0.3, 0.4) is 0 Å². The summed E-state index contributed by atoms with van der Waals surface area (Å²) in [5.41, 5.74) is 2.47. The first-order valence-electron chi connectivity index (χ1n) is 5.69. The smallest absolute Gasteiger partial charge is 0.157 e. The molecular formula is C13H16O3S. The number of carbonyl (C=O) groups excluding carboxylic acids is 1. The fraction of sp³-hybridized carbons (Fsp3) is 0.462. The molecule has 4 heteroatoms. The fourth-order valence-electron chi connectivity index (χ4n) is 2.19. The van der Waals surface area contributed by atoms with Gasteiger partial charge < -0.3 is 0 Å². The van der Waals surface area contributed by atoms with Crippen molar-refractivity contribution in [2.45, 2.75) is 30.9 Å². The van der Waals surface area contributed by atoms with E-state index in [9.17, 15) is 13.2 Å². The zero-order valence-corrected chi connectivity index (χ0v) is 10.8. The summed E-state index contributed by atoms with van der Waals surface area (Å²) < 4.78 is 22.6. The van der Waals surface area contributed by atoms with E-state index in [-0.39, 0.29) is 11.7 Å². The van der Waals surface area contributed by atoms with Crippen LogP contribution in [0.25, 0.3) is 0 Å². The van der Waals surface area contributed by atoms with Crippen LogP contribution in [0.2, 0.25) is 0 Å². The Bertz CT molecular complexity index is 546. The molecule has 0 aromatic heterocycles. The van der Waals surface area contributed by atoms with Crippen LogP contribution in [0.5, 0.6) is 0 Å². The van der Waals surface area contributed by atoms with Crippen molar-refractivity contribution < 1.29 is 13.2 Å². The number of fused-ring (bicyclic) bond motifs is 1. The molecule has 2 unspecified atom stereocenters. The maximum atomic E-state index is 11.8. The molecule has 0 N–H and O–H groups in total. The summed E-state index contributed by atoms with van der Waals surface area (Å²) in [5, 5.41) is -0.879. The lowest BCUT2D eigenvalue weighted by Gasteiger charge is -2.30. The standard InChI is InChI=1S/C13H16O3S/c1-9(17(2,15)16)13(14)8-11-7-10-5-3-4-6-12(10)11/h3-6,9,11H,7-8H2,1-2H3. The van der Waals surface area contributed by atoms with Gasteiger partial charge in [-0.05, 0) is 30.4 Å². The number of hydrogen-bond acceptors (Lipinski definition) is 3. The lowest BCUT2D eigenvalue weighted by molar-refractivity contribution is -0.118. The number of carbonyl (C=O) groups is 1. The molecule has 0 spiro atoms. The summed E-state index contributed by atoms with van der Waals surface area (Å²) in [6.07, 6.45) is 2.34. The predicted molar refractivity (Wildman–Crippen MR) is 66.8 cm³/mol. The van der Waals surface area contributed by atoms with Crippen molar-refractivity contribution in [1.29, 1.82) is 0 Å². The molecule has 0 saturated heterocycles. The second-order valence-corrected chi connectivity index (χ2v) is 7.11. The van der Waals surface area contributed by atoms with Gasteiger partial charge in [-0.2, -0.15) is 0 Å². The Balaban J connectivity index is 2.04. The van der Waals surface area contributed by atoms with Gasteiger partial charge in [0.05, 0.1) is 0 Å². The summed E-state index contributed by atoms with van der Waals surface area (Å²) in [6, 6.07) is 8.00. The lowest BCUT2D eigenvalue weighted by atomic mass is 9.75. The van der Waals surface area contributed by atoms with Gasteiger partial charge in [0.25, 0.3) is 0 Å². The molecule has 17 heavy (non-hydrogen) atoms. The lowest BCUT2D eigenvalue weighted by Crippen LogP contribution is -2.30. The second-order valence-electron chi connectivity index (χ2n) is 4.74. The third-order valence-electron chi connectivity index (χ3n) is 3.50. The van der Waals surface area contributed by atoms with Crippen LogP contribution < -0.4 is 0 Å². The number of hydrogen-bond donors (Lipinski definition) is 0. The molecule has 0 radical (unpaired) electrons. The van der Waals surface area contributed by atoms with Gasteiger partial charge in [0.2, 0.25) is 0 Å². The minimum absolute atomic E-state index is 0.174. The van der Waals surface area contributed by atoms with Crippen LogP contribution >= 0.6 is 0 Å². The Labute approximate surface area is 102 Å². The molecule has 2 atom stereocenters. The topological polar surface area (TPSA) is 51.2 Å². The van der Waals surface area contributed by atoms with Crippen molar-refractivity contribution in [3.63, 3.8) is 0 Å². The Morgan fingerprint density at radius 3 is 2.65 bits per heavy atom. The highest BCUT2D eigenvalue weighted by molar-refractivity contribution is 7.92. The molecule has 0 bridgehead atoms. The summed E-state index contributed by atoms with van der Waals surface area (Å²) >= 11 is 0. The van der Waals surface area contributed by atoms with E-state index in [4.69, 9.17) is 0 Å². The number of sulfone groups is 1. The van der Waals surface area contributed by atoms with Crippen molar-refractivity contribution >= 4 is 15.6 Å². The van der Waals surface area contributed by atoms with Gasteiger partial charge in [-0.15, -0.1) is 0 Å². The highest BCUT2D eigenvalue weighted by Gasteiger charge is 2.31. The summed E-state index contributed by atoms with van der Waals surface area (Å²) in [6.45, 7) is 1.47. The number of ketones is 1. The second kappa shape index (κ2) is 4.26. The van der Waals surface area contributed by atoms with E-state index in [1.54, 1.807) is 0 Å². The normalized spacial score (nSPS) is 20.2. The van der Waals surface area contributed by atoms with Crippen molar-refractivity contribution in [3.8, 4) is 0 Å². The van der Waals surface area contributed by atoms with Crippen molar-refractivity contribution in [2.75, 3.05) is 6.26 Å². The van der Waals surface area contributed by atoms with E-state index in [0.29, 0.717) is 6.42 Å². The van der Waals surface area contributed by atoms with E-state index in [1.165, 1.54) is 18.1 Å². The van der Waals surface area contributed by atoms with E-state index < -0.39 is 15.1 Å². The highest BCUT2D eigenvalue weighted by Crippen LogP contribution is 2.37. The first-order valence-corrected chi connectivity index (χ1v) is 7.64. The summed E-state index contributed by atoms with van der Waals surface area (Å²) in [7, 11) is -3.26. The quantitative estimate of drug-likeness (QED) is 0.820. The van der Waals surface area contributed by atoms with Gasteiger partial charge >= 0.3 is 0 Å². The number of Topliss-reactive ketones (excluding diaryl/α,β-unsaturated/α-hetero) is 1. The van der Waals surface area contributed by atoms with Crippen LogP contribution in [0.4, 0.5) is 0 Å². The molecule has 1 aliphatic carbocycles. The first kappa shape index (κ1) is 12.3. The molecule has 1 aromatic rings. The molecule has 1 aliphatic rings. The zero-order valence-electron chi connectivity index (χ0n) is 10.0. The maximum Gasteiger partial charge on any atom is 0.157 e. The third kappa shape index (κ3) is 2.41. The first-order chi connectivity index (χ1) is 7.89. The average Bonchev–Trinajstić information content (AvgIpc) is 2.23. The number of benzene rings is 1. The summed E-state index contributed by atoms with van der Waals surface area (Å²) in [4.78, 5) is 11.8. The van der Waals surface area contributed by atoms with Gasteiger partial charge in [-0.25, -0.2) is 8.42 Å². The predicted octanol–water partition coefficient (Wildman–Crippen LogP) is 1.72. The minimum Gasteiger partial charge on any atom is -0.298 e. The minimum atomic E-state index is -3.26. The fourth-order valence-corrected chi connectivity index (χ4v) is 2.77. The van der Waals surface area contributed by atoms with Crippen LogP contribution in [0.1, 0.15) is 30.4 Å². The van der Waals surface area contributed by atoms with Crippen LogP contribution in [-0.4, -0.2) is 25.7 Å². The monoisotopic (exact) mass is 252 g/mol. The SMILES string of the molecule is CC(C(=O)CC1Cc2ccccc21)S(C)(=O)=O. The van der Waals surface area contributed by atoms with Crippen LogP contribution in [0, 0.1) is 0 Å². The maximum absolute atomic E-state index is 11.8. The van der Waals surface area contributed by atoms with Gasteiger partial charge in [0.15, 0.2) is 15.6 Å². The van der Waals surface area contributed by atoms with E-state index in [2.05, 4.69) is 6.07 Å². The van der Waals surface area contributed by atoms with E-state index in [0.717, 1.165) is 12.7 Å². The largest absolute Gasteiger partial charge is 0.298 e. The van der Waals surface area contributed by atoms with Gasteiger partial charge in [0.1, 0.15) is 5.25 Å². The summed E-state index contributed by atoms with van der Waals surface area (Å²) in [5.74, 6) is 0.0369. The van der Waals surface area contributed by atoms with Crippen molar-refractivity contribution in [2.24, 2.45) is 0 Å². The highest BCUT2D eigenvalue weighted by atomic mass is 32.2. The Hall–Kier alpha value is -1.16. The number of rotatable bonds is 4. The Kier molecular flexibility index (Phi) is 3.08. The van der Waals surface area contributed by atoms with Crippen molar-refractivity contribution in [1.82, 2.24) is 0 Å². The molecule has 0 aliphatic heterocycles. The molecule has 0 amide bonds. The van der Waals surface area contributed by atoms with Gasteiger partial charge in [-0.3, -0.25) is 4.79 Å². The molecular weight excluding hydrogens is 236 g/mol. The zero-order chi connectivity index (χ0) is 12.6. The van der Waals surface area contributed by atoms with E-state index >= 15 is 0 Å². The molecule has 92 valence electrons. The molecule has 0 saturated carbocycles. The Morgan fingerprint density at radius 1 is 1.41 bits per heavy atom. The van der Waals surface area contributed by atoms with Crippen LogP contribution in [0.15, 0.2) is 24.3 Å². The average molecular weight is 252 g/mol. The van der Waals surface area contributed by atoms with E-state index in [1.807, 2.05) is 18.2 Å². The molecule has 3 nitrogen and oxygen atoms in total. The third-order valence-corrected chi connectivity index (χ3v) is 5.05. The van der Waals surface area contributed by atoms with Crippen LogP contribution in [-0.2, 0) is 21.1 Å². The van der Waals surface area contributed by atoms with Gasteiger partial charge in [0, 0.05) is 12.7 Å².